The number of carbonyl (C=O) groups excluding carboxylic acids is 3. The van der Waals surface area contributed by atoms with Crippen LogP contribution in [0.25, 0.3) is 36.5 Å². The van der Waals surface area contributed by atoms with Crippen LogP contribution < -0.4 is 66.8 Å². The van der Waals surface area contributed by atoms with Gasteiger partial charge in [0.05, 0.1) is 101 Å². The van der Waals surface area contributed by atoms with Crippen LogP contribution in [0.4, 0.5) is 0 Å². The smallest absolute Gasteiger partial charge is 0.338 e. The molecule has 840 valence electrons. The van der Waals surface area contributed by atoms with Crippen molar-refractivity contribution in [2.75, 3.05) is 172 Å². The zero-order chi connectivity index (χ0) is 110. The van der Waals surface area contributed by atoms with Crippen LogP contribution in [0, 0.1) is 0 Å². The van der Waals surface area contributed by atoms with Gasteiger partial charge in [-0.25, -0.2) is 48.1 Å². The molecule has 2 fully saturated rings. The molecule has 0 spiro atoms. The van der Waals surface area contributed by atoms with Crippen molar-refractivity contribution in [2.24, 2.45) is 0 Å². The van der Waals surface area contributed by atoms with E-state index in [1.807, 2.05) is 72.9 Å². The number of rotatable bonds is 37. The third-order valence-electron chi connectivity index (χ3n) is 18.6. The largest absolute Gasteiger partial charge is 1.00 e. The highest BCUT2D eigenvalue weighted by molar-refractivity contribution is 7.98. The minimum Gasteiger partial charge on any atom is -1.00 e. The molecule has 2 saturated heterocycles. The number of esters is 3. The Kier molecular flexibility index (Phi) is 102. The Bertz CT molecular complexity index is 5050. The summed E-state index contributed by atoms with van der Waals surface area (Å²) in [5, 5.41) is 27.6. The molecule has 4 atom stereocenters. The predicted octanol–water partition coefficient (Wildman–Crippen LogP) is 2.71. The van der Waals surface area contributed by atoms with Gasteiger partial charge in [0.2, 0.25) is 10.4 Å². The van der Waals surface area contributed by atoms with E-state index in [2.05, 4.69) is 280 Å². The van der Waals surface area contributed by atoms with Gasteiger partial charge in [0.25, 0.3) is 0 Å². The molecular formula is C108H163Cl5O22S13. The van der Waals surface area contributed by atoms with Crippen LogP contribution in [0.2, 0.25) is 0 Å². The fraction of sp³-hybridized carbons (Fsp3) is 0.417. The maximum Gasteiger partial charge on any atom is 0.338 e. The molecule has 7 aromatic rings. The van der Waals surface area contributed by atoms with Gasteiger partial charge in [0.15, 0.2) is 4.90 Å². The number of halogens is 5. The van der Waals surface area contributed by atoms with Crippen LogP contribution in [0.1, 0.15) is 139 Å². The topological polar surface area (TPSA) is 378 Å². The van der Waals surface area contributed by atoms with Crippen molar-refractivity contribution in [3.63, 3.8) is 0 Å². The Morgan fingerprint density at radius 2 is 0.703 bits per heavy atom. The molecule has 2 aliphatic rings. The number of carbonyl (C=O) groups is 3. The molecule has 9 rings (SSSR count). The zero-order valence-electron chi connectivity index (χ0n) is 89.7. The van der Waals surface area contributed by atoms with E-state index in [-0.39, 0.29) is 108 Å². The van der Waals surface area contributed by atoms with E-state index in [1.54, 1.807) is 20.8 Å². The minimum absolute atomic E-state index is 0. The zero-order valence-corrected chi connectivity index (χ0v) is 104. The van der Waals surface area contributed by atoms with Crippen molar-refractivity contribution in [3.05, 3.63) is 313 Å². The van der Waals surface area contributed by atoms with Crippen molar-refractivity contribution in [1.82, 2.24) is 0 Å². The summed E-state index contributed by atoms with van der Waals surface area (Å²) >= 11 is 0. The number of aliphatic hydroxyl groups excluding tert-OH is 3. The normalized spacial score (nSPS) is 12.2. The fourth-order valence-corrected chi connectivity index (χ4v) is 22.7. The van der Waals surface area contributed by atoms with E-state index in [0.717, 1.165) is 52.3 Å². The Morgan fingerprint density at radius 3 is 0.966 bits per heavy atom. The van der Waals surface area contributed by atoms with E-state index in [4.69, 9.17) is 63.3 Å². The first-order valence-corrected chi connectivity index (χ1v) is 69.6. The first-order chi connectivity index (χ1) is 66.8. The molecule has 40 heteroatoms. The highest BCUT2D eigenvalue weighted by atomic mass is 35.5. The van der Waals surface area contributed by atoms with Gasteiger partial charge in [-0.1, -0.05) is 241 Å². The second-order valence-corrected chi connectivity index (χ2v) is 59.4. The monoisotopic (exact) mass is 2400 g/mol. The maximum atomic E-state index is 11.2. The Balaban J connectivity index is -0.000000204. The number of ether oxygens (including phenoxy) is 3. The SMILES string of the molecule is C=C(C)C(=O)OCC[S+](C)C.C=C(C)C(=O)OCC[S+](C)C.C=C(C)C(=O)Oc1ccc([S+](C)C)cc1.C=Cc1ccc(C(C)[S+]2CCCC2)cc1.C=Cc1ccc(C[S+](C)C)cc1.C=Cc1ccc(C[S+](C)CC(O)CO)cc1.C=Cc1ccc(C[S+](C)CCO)cc1.C=Cc1ccc(C[S+](CC)CC)cc1.C=Cc1ccc(C[S+]2CCCC2)cc1.COS(=O)(=O)[O-].CS(=O)(=O)[O-].CS(=O)(=O)[O-].CS(=O)(=O)[O-].[Cl-].[Cl-].[Cl-].[Cl-].[Cl-]. The molecule has 0 aliphatic carbocycles. The molecule has 2 heterocycles. The lowest BCUT2D eigenvalue weighted by Crippen LogP contribution is -3.00. The molecule has 3 N–H and O–H groups in total. The number of aliphatic hydroxyl groups is 3. The lowest BCUT2D eigenvalue weighted by Gasteiger charge is -2.11. The molecule has 22 nitrogen and oxygen atoms in total. The van der Waals surface area contributed by atoms with E-state index < -0.39 is 46.9 Å². The molecule has 0 bridgehead atoms. The summed E-state index contributed by atoms with van der Waals surface area (Å²) < 4.78 is 128. The second kappa shape index (κ2) is 94.0. The summed E-state index contributed by atoms with van der Waals surface area (Å²) in [5.74, 6) is 17.3. The van der Waals surface area contributed by atoms with Gasteiger partial charge in [-0.3, -0.25) is 4.18 Å². The lowest BCUT2D eigenvalue weighted by atomic mass is 10.1. The standard InChI is InChI=1S/C14H19S.C13H19O2S.C13H17S.C13H19S.C12H15O2S.C12H17OS.C11H15S.2C8H15O2S.CH4O4S.3CH4O3S.5ClH/c1-3-13-6-8-14(9-7-13)12(2)15-10-4-5-11-15;1-3-11-4-6-12(7-5-11)9-16(2)10-13(15)8-14;1-2-12-5-7-13(8-6-12)11-14-9-3-4-10-14;1-4-12-7-9-13(10-8-12)11-14(5-2)6-3;1-9(2)12(13)14-10-5-7-11(8-6-10)15(3)4;1-3-11-4-6-12(7-5-11)10-14(2)9-8-13;1-4-10-5-7-11(8-6-10)9-12(2)3;2*1-7(2)8(9)10-5-6-11(3)4;1-5-6(2,3)4;3*1-5(2,3)4;;;;;/h3,6-9,12H,1,4-5,10-11H2,2H3;3-7,13-15H,1,8-10H2,2H3;2,5-8H,1,3-4,9-11H2;4,7-10H,1,5-6,11H2,2-3H3;5-8H,1H2,2-4H3;3-7,13H,1,8-10H2,2H3;4-8H,1,9H2,2-3H3;2*1,5-6H2,2-4H3;1H3,(H,2,3,4);3*1H3,(H,2,3,4);5*1H/q9*+1;;;;;;;;;/p-9. The number of hydrogen-bond acceptors (Lipinski definition) is 22. The van der Waals surface area contributed by atoms with Gasteiger partial charge in [0.1, 0.15) is 129 Å². The molecule has 0 saturated carbocycles. The number of hydrogen-bond donors (Lipinski definition) is 3. The van der Waals surface area contributed by atoms with E-state index in [0.29, 0.717) is 143 Å². The van der Waals surface area contributed by atoms with Gasteiger partial charge >= 0.3 is 17.9 Å². The van der Waals surface area contributed by atoms with Crippen molar-refractivity contribution < 1.29 is 162 Å². The Labute approximate surface area is 948 Å². The van der Waals surface area contributed by atoms with E-state index in [1.165, 1.54) is 138 Å². The molecule has 2 aliphatic heterocycles. The average molecular weight is 2410 g/mol. The quantitative estimate of drug-likeness (QED) is 0.0126. The highest BCUT2D eigenvalue weighted by Crippen LogP contribution is 2.31. The second-order valence-electron chi connectivity index (χ2n) is 32.9. The van der Waals surface area contributed by atoms with Gasteiger partial charge < -0.3 is 110 Å². The van der Waals surface area contributed by atoms with Crippen molar-refractivity contribution in [3.8, 4) is 5.75 Å². The van der Waals surface area contributed by atoms with Gasteiger partial charge in [-0.15, -0.1) is 0 Å². The van der Waals surface area contributed by atoms with Gasteiger partial charge in [-0.05, 0) is 212 Å². The van der Waals surface area contributed by atoms with Crippen LogP contribution in [-0.2, 0) is 196 Å². The fourth-order valence-electron chi connectivity index (χ4n) is 11.0. The van der Waals surface area contributed by atoms with Crippen LogP contribution >= 0.6 is 0 Å². The maximum absolute atomic E-state index is 11.2. The molecule has 4 unspecified atom stereocenters. The third-order valence-corrected chi connectivity index (χ3v) is 34.3. The van der Waals surface area contributed by atoms with Crippen molar-refractivity contribution >= 4 is 193 Å². The Morgan fingerprint density at radius 1 is 0.419 bits per heavy atom. The number of benzene rings is 7. The summed E-state index contributed by atoms with van der Waals surface area (Å²) in [6, 6.07) is 59.4. The van der Waals surface area contributed by atoms with Gasteiger partial charge in [0, 0.05) is 79.8 Å². The van der Waals surface area contributed by atoms with Crippen molar-refractivity contribution in [1.29, 1.82) is 0 Å². The third kappa shape index (κ3) is 98.8. The minimum atomic E-state index is -4.41. The summed E-state index contributed by atoms with van der Waals surface area (Å²) in [6.07, 6.45) is 39.9. The predicted molar refractivity (Wildman–Crippen MR) is 631 cm³/mol. The molecule has 7 aromatic carbocycles. The Hall–Kier alpha value is -5.31. The molecule has 148 heavy (non-hydrogen) atoms. The van der Waals surface area contributed by atoms with E-state index in [9.17, 15) is 32.5 Å². The van der Waals surface area contributed by atoms with Gasteiger partial charge in [-0.2, -0.15) is 0 Å². The molecular weight excluding hydrogens is 2240 g/mol. The molecule has 0 amide bonds. The van der Waals surface area contributed by atoms with Crippen LogP contribution in [-0.4, -0.2) is 264 Å². The van der Waals surface area contributed by atoms with Crippen molar-refractivity contribution in [2.45, 2.75) is 112 Å². The first kappa shape index (κ1) is 160. The lowest BCUT2D eigenvalue weighted by molar-refractivity contribution is -0.139. The van der Waals surface area contributed by atoms with Crippen LogP contribution in [0.3, 0.4) is 0 Å². The van der Waals surface area contributed by atoms with E-state index >= 15 is 0 Å². The summed E-state index contributed by atoms with van der Waals surface area (Å²) in [6.45, 7) is 46.0. The first-order valence-electron chi connectivity index (χ1n) is 45.2. The van der Waals surface area contributed by atoms with Crippen LogP contribution in [0.15, 0.2) is 251 Å². The molecule has 0 aromatic heterocycles. The average Bonchev–Trinajstić information content (AvgIpc) is 1.64. The summed E-state index contributed by atoms with van der Waals surface area (Å²) in [4.78, 5) is 34.1. The van der Waals surface area contributed by atoms with Crippen LogP contribution in [0.5, 0.6) is 5.75 Å². The summed E-state index contributed by atoms with van der Waals surface area (Å²) in [5.41, 5.74) is 17.0. The summed E-state index contributed by atoms with van der Waals surface area (Å²) in [7, 11) is -11.6. The molecule has 0 radical (unpaired) electrons. The highest BCUT2D eigenvalue weighted by Gasteiger charge is 2.32.